The molecule has 4 aliphatic rings. The van der Waals surface area contributed by atoms with Crippen LogP contribution in [-0.4, -0.2) is 64.2 Å². The standard InChI is InChI=1S/C31H28ClN3O8S2/c1-42-19-10-13(2-7-18(19)43-12-20(36)33-15-5-3-14(32)4-6-15)22-23-16-11-17(26(23)44-28-27(22)45-31(41)34-28)25-24(16)29(39)35(30(25)40)9-8-21(37)38/h2-7,10,16-17,22-26H,8-9,11-12H2,1H3,(H,33,36)(H,34,41)(H,37,38)/t16?,17?,22-,23?,24?,25?,26?/m1/s1. The molecule has 3 aromatic rings. The first-order valence-electron chi connectivity index (χ1n) is 14.5. The van der Waals surface area contributed by atoms with Crippen LogP contribution < -0.4 is 19.7 Å². The van der Waals surface area contributed by atoms with Crippen molar-refractivity contribution >= 4 is 64.1 Å². The first-order valence-corrected chi connectivity index (χ1v) is 16.5. The van der Waals surface area contributed by atoms with Gasteiger partial charge in [0.1, 0.15) is 0 Å². The first kappa shape index (κ1) is 29.9. The number of carbonyl (C=O) groups is 4. The Hall–Kier alpha value is -3.81. The molecule has 2 saturated carbocycles. The number of carbonyl (C=O) groups excluding carboxylic acids is 3. The van der Waals surface area contributed by atoms with Gasteiger partial charge in [0, 0.05) is 33.3 Å². The van der Waals surface area contributed by atoms with Crippen molar-refractivity contribution < 1.29 is 33.8 Å². The lowest BCUT2D eigenvalue weighted by Crippen LogP contribution is -2.42. The molecular formula is C31H28ClN3O8S2. The maximum absolute atomic E-state index is 13.5. The molecule has 45 heavy (non-hydrogen) atoms. The second-order valence-corrected chi connectivity index (χ2v) is 14.3. The zero-order valence-electron chi connectivity index (χ0n) is 23.9. The van der Waals surface area contributed by atoms with E-state index in [0.29, 0.717) is 22.2 Å². The lowest BCUT2D eigenvalue weighted by molar-refractivity contribution is -0.142. The number of nitrogens with one attached hydrogen (secondary N) is 2. The van der Waals surface area contributed by atoms with Crippen LogP contribution in [0.15, 0.2) is 52.3 Å². The number of thiazole rings is 1. The van der Waals surface area contributed by atoms with E-state index in [0.717, 1.165) is 38.1 Å². The number of hydrogen-bond donors (Lipinski definition) is 3. The molecule has 2 bridgehead atoms. The summed E-state index contributed by atoms with van der Waals surface area (Å²) in [6.07, 6.45) is 0.435. The van der Waals surface area contributed by atoms with Gasteiger partial charge >= 0.3 is 10.8 Å². The van der Waals surface area contributed by atoms with E-state index in [-0.39, 0.29) is 71.1 Å². The number of imide groups is 1. The van der Waals surface area contributed by atoms with Gasteiger partial charge in [-0.1, -0.05) is 29.0 Å². The minimum atomic E-state index is -1.06. The Morgan fingerprint density at radius 1 is 1.07 bits per heavy atom. The van der Waals surface area contributed by atoms with E-state index < -0.39 is 17.8 Å². The minimum Gasteiger partial charge on any atom is -0.493 e. The molecule has 3 amide bonds. The molecule has 3 fully saturated rings. The number of halogens is 1. The number of hydrogen-bond acceptors (Lipinski definition) is 9. The number of aromatic amines is 1. The van der Waals surface area contributed by atoms with E-state index in [1.165, 1.54) is 7.11 Å². The van der Waals surface area contributed by atoms with Crippen molar-refractivity contribution in [2.75, 3.05) is 25.6 Å². The quantitative estimate of drug-likeness (QED) is 0.286. The average molecular weight is 670 g/mol. The molecule has 6 unspecified atom stereocenters. The number of benzene rings is 2. The molecule has 3 N–H and O–H groups in total. The van der Waals surface area contributed by atoms with Crippen molar-refractivity contribution in [2.45, 2.75) is 29.0 Å². The third-order valence-corrected chi connectivity index (χ3v) is 12.2. The Bertz CT molecular complexity index is 1770. The highest BCUT2D eigenvalue weighted by atomic mass is 35.5. The molecule has 1 aromatic heterocycles. The summed E-state index contributed by atoms with van der Waals surface area (Å²) in [7, 11) is 1.51. The van der Waals surface area contributed by atoms with Gasteiger partial charge in [0.15, 0.2) is 18.1 Å². The minimum absolute atomic E-state index is 0.00587. The fourth-order valence-corrected chi connectivity index (χ4v) is 10.8. The number of rotatable bonds is 9. The molecule has 7 atom stereocenters. The highest BCUT2D eigenvalue weighted by Gasteiger charge is 2.69. The Labute approximate surface area is 270 Å². The maximum atomic E-state index is 13.5. The third-order valence-electron chi connectivity index (χ3n) is 9.40. The molecule has 234 valence electrons. The number of H-pyrrole nitrogens is 1. The van der Waals surface area contributed by atoms with Gasteiger partial charge in [-0.2, -0.15) is 0 Å². The lowest BCUT2D eigenvalue weighted by atomic mass is 9.68. The lowest BCUT2D eigenvalue weighted by Gasteiger charge is -2.43. The summed E-state index contributed by atoms with van der Waals surface area (Å²) in [6.45, 7) is -0.379. The summed E-state index contributed by atoms with van der Waals surface area (Å²) in [5, 5.41) is 13.2. The Balaban J connectivity index is 1.16. The molecule has 1 saturated heterocycles. The number of aliphatic carboxylic acids is 1. The van der Waals surface area contributed by atoms with Gasteiger partial charge in [0.25, 0.3) is 5.91 Å². The molecule has 14 heteroatoms. The van der Waals surface area contributed by atoms with Crippen LogP contribution in [0.1, 0.15) is 29.2 Å². The highest BCUT2D eigenvalue weighted by Crippen LogP contribution is 2.68. The van der Waals surface area contributed by atoms with E-state index in [1.807, 2.05) is 12.1 Å². The van der Waals surface area contributed by atoms with Crippen LogP contribution in [0.3, 0.4) is 0 Å². The van der Waals surface area contributed by atoms with Gasteiger partial charge in [-0.15, -0.1) is 11.8 Å². The fraction of sp³-hybridized carbons (Fsp3) is 0.387. The number of likely N-dealkylation sites (tertiary alicyclic amines) is 1. The summed E-state index contributed by atoms with van der Waals surface area (Å²) in [5.74, 6) is -2.59. The van der Waals surface area contributed by atoms with Crippen molar-refractivity contribution in [1.29, 1.82) is 0 Å². The average Bonchev–Trinajstić information content (AvgIpc) is 3.75. The van der Waals surface area contributed by atoms with E-state index >= 15 is 0 Å². The number of carboxylic acids is 1. The van der Waals surface area contributed by atoms with E-state index in [1.54, 1.807) is 42.1 Å². The number of thioether (sulfide) groups is 1. The smallest absolute Gasteiger partial charge is 0.305 e. The second kappa shape index (κ2) is 11.5. The van der Waals surface area contributed by atoms with Crippen LogP contribution in [0.2, 0.25) is 5.02 Å². The number of ether oxygens (including phenoxy) is 2. The fourth-order valence-electron chi connectivity index (χ4n) is 7.75. The second-order valence-electron chi connectivity index (χ2n) is 11.7. The largest absolute Gasteiger partial charge is 0.493 e. The zero-order chi connectivity index (χ0) is 31.6. The number of aromatic nitrogens is 1. The number of carboxylic acid groups (broad SMARTS) is 1. The number of nitrogens with zero attached hydrogens (tertiary/aromatic N) is 1. The van der Waals surface area contributed by atoms with Crippen molar-refractivity contribution in [2.24, 2.45) is 29.6 Å². The van der Waals surface area contributed by atoms with Crippen LogP contribution >= 0.6 is 34.7 Å². The van der Waals surface area contributed by atoms with Crippen molar-refractivity contribution in [1.82, 2.24) is 9.88 Å². The topological polar surface area (TPSA) is 155 Å². The van der Waals surface area contributed by atoms with Gasteiger partial charge in [0.05, 0.1) is 30.4 Å². The summed E-state index contributed by atoms with van der Waals surface area (Å²) in [4.78, 5) is 68.1. The number of methoxy groups -OCH3 is 1. The molecule has 0 radical (unpaired) electrons. The van der Waals surface area contributed by atoms with Gasteiger partial charge < -0.3 is 24.9 Å². The first-order chi connectivity index (χ1) is 21.6. The predicted molar refractivity (Wildman–Crippen MR) is 166 cm³/mol. The molecule has 2 aromatic carbocycles. The van der Waals surface area contributed by atoms with Gasteiger partial charge in [0.2, 0.25) is 11.8 Å². The van der Waals surface area contributed by atoms with Crippen LogP contribution in [0.4, 0.5) is 5.69 Å². The van der Waals surface area contributed by atoms with Crippen LogP contribution in [-0.2, 0) is 19.2 Å². The summed E-state index contributed by atoms with van der Waals surface area (Å²) in [5.41, 5.74) is 1.46. The molecule has 3 heterocycles. The van der Waals surface area contributed by atoms with E-state index in [9.17, 15) is 24.0 Å². The predicted octanol–water partition coefficient (Wildman–Crippen LogP) is 4.06. The molecule has 7 rings (SSSR count). The number of anilines is 1. The van der Waals surface area contributed by atoms with Gasteiger partial charge in [-0.3, -0.25) is 28.9 Å². The molecule has 0 spiro atoms. The van der Waals surface area contributed by atoms with Crippen molar-refractivity contribution in [3.05, 3.63) is 67.6 Å². The van der Waals surface area contributed by atoms with Crippen molar-refractivity contribution in [3.63, 3.8) is 0 Å². The Kier molecular flexibility index (Phi) is 7.65. The van der Waals surface area contributed by atoms with Crippen LogP contribution in [0, 0.1) is 29.6 Å². The van der Waals surface area contributed by atoms with Gasteiger partial charge in [-0.05, 0) is 66.1 Å². The monoisotopic (exact) mass is 669 g/mol. The van der Waals surface area contributed by atoms with Crippen LogP contribution in [0.5, 0.6) is 11.5 Å². The third kappa shape index (κ3) is 5.10. The van der Waals surface area contributed by atoms with E-state index in [2.05, 4.69) is 10.3 Å². The SMILES string of the molecule is COc1cc([C@H]2c3sc(=O)[nH]c3SC3C4CC(C5C(=O)N(CCC(=O)O)C(=O)C45)C32)ccc1OCC(=O)Nc1ccc(Cl)cc1. The molecule has 11 nitrogen and oxygen atoms in total. The molecule has 2 aliphatic heterocycles. The zero-order valence-corrected chi connectivity index (χ0v) is 26.2. The van der Waals surface area contributed by atoms with Gasteiger partial charge in [-0.25, -0.2) is 0 Å². The highest BCUT2D eigenvalue weighted by molar-refractivity contribution is 8.00. The molecule has 2 aliphatic carbocycles. The summed E-state index contributed by atoms with van der Waals surface area (Å²) < 4.78 is 11.5. The Morgan fingerprint density at radius 3 is 2.51 bits per heavy atom. The number of amides is 3. The van der Waals surface area contributed by atoms with Crippen LogP contribution in [0.25, 0.3) is 0 Å². The maximum Gasteiger partial charge on any atom is 0.305 e. The molecular weight excluding hydrogens is 642 g/mol. The summed E-state index contributed by atoms with van der Waals surface area (Å²) in [6, 6.07) is 12.2. The number of fused-ring (bicyclic) bond motifs is 9. The summed E-state index contributed by atoms with van der Waals surface area (Å²) >= 11 is 8.64. The normalized spacial score (nSPS) is 27.6. The van der Waals surface area contributed by atoms with E-state index in [4.69, 9.17) is 26.2 Å². The Morgan fingerprint density at radius 2 is 1.80 bits per heavy atom. The van der Waals surface area contributed by atoms with Crippen molar-refractivity contribution in [3.8, 4) is 11.5 Å².